The second-order valence-electron chi connectivity index (χ2n) is 6.17. The second-order valence-corrected chi connectivity index (χ2v) is 10.1. The molecule has 0 saturated heterocycles. The van der Waals surface area contributed by atoms with Gasteiger partial charge in [-0.05, 0) is 67.2 Å². The van der Waals surface area contributed by atoms with E-state index in [2.05, 4.69) is 36.3 Å². The molecule has 0 fully saturated rings. The molecule has 0 aliphatic heterocycles. The first-order valence-corrected chi connectivity index (χ1v) is 12.3. The van der Waals surface area contributed by atoms with E-state index >= 15 is 0 Å². The molecule has 1 heterocycles. The summed E-state index contributed by atoms with van der Waals surface area (Å²) in [6.07, 6.45) is 1.51. The molecule has 1 amide bonds. The molecule has 12 heteroatoms. The number of benzene rings is 2. The Morgan fingerprint density at radius 1 is 1.23 bits per heavy atom. The minimum atomic E-state index is -3.74. The number of carbonyl (C=O) groups is 1. The number of halogens is 1. The predicted molar refractivity (Wildman–Crippen MR) is 128 cm³/mol. The minimum Gasteiger partial charge on any atom is -0.483 e. The summed E-state index contributed by atoms with van der Waals surface area (Å²) in [5.74, 6) is 0.173. The van der Waals surface area contributed by atoms with Gasteiger partial charge in [0.1, 0.15) is 5.75 Å². The summed E-state index contributed by atoms with van der Waals surface area (Å²) in [6.45, 7) is 1.67. The van der Waals surface area contributed by atoms with Crippen molar-refractivity contribution in [3.05, 3.63) is 64.1 Å². The molecule has 31 heavy (non-hydrogen) atoms. The van der Waals surface area contributed by atoms with E-state index in [1.807, 2.05) is 19.1 Å². The van der Waals surface area contributed by atoms with Gasteiger partial charge in [0.15, 0.2) is 16.9 Å². The fourth-order valence-electron chi connectivity index (χ4n) is 2.41. The monoisotopic (exact) mass is 540 g/mol. The average molecular weight is 541 g/mol. The third kappa shape index (κ3) is 6.72. The highest BCUT2D eigenvalue weighted by Gasteiger charge is 2.15. The van der Waals surface area contributed by atoms with E-state index in [1.165, 1.54) is 41.8 Å². The maximum atomic E-state index is 12.3. The van der Waals surface area contributed by atoms with Gasteiger partial charge in [-0.25, -0.2) is 13.4 Å². The first kappa shape index (κ1) is 23.1. The van der Waals surface area contributed by atoms with Crippen LogP contribution in [0.4, 0.5) is 10.8 Å². The molecule has 3 N–H and O–H groups in total. The van der Waals surface area contributed by atoms with E-state index in [4.69, 9.17) is 17.0 Å². The van der Waals surface area contributed by atoms with E-state index in [1.54, 1.807) is 11.4 Å². The van der Waals surface area contributed by atoms with Gasteiger partial charge in [-0.15, -0.1) is 11.3 Å². The Labute approximate surface area is 197 Å². The van der Waals surface area contributed by atoms with Crippen molar-refractivity contribution in [1.29, 1.82) is 0 Å². The Morgan fingerprint density at radius 2 is 1.97 bits per heavy atom. The van der Waals surface area contributed by atoms with Crippen LogP contribution >= 0.6 is 39.5 Å². The molecule has 0 aliphatic rings. The van der Waals surface area contributed by atoms with E-state index in [0.717, 1.165) is 10.0 Å². The molecule has 1 aromatic heterocycles. The zero-order chi connectivity index (χ0) is 22.4. The molecule has 3 aromatic rings. The van der Waals surface area contributed by atoms with Crippen LogP contribution in [0.3, 0.4) is 0 Å². The van der Waals surface area contributed by atoms with Crippen LogP contribution in [-0.4, -0.2) is 31.0 Å². The highest BCUT2D eigenvalue weighted by molar-refractivity contribution is 9.10. The number of rotatable bonds is 7. The molecule has 0 saturated carbocycles. The number of hydrogen-bond acceptors (Lipinski definition) is 7. The lowest BCUT2D eigenvalue weighted by Gasteiger charge is -2.12. The van der Waals surface area contributed by atoms with E-state index in [9.17, 15) is 13.2 Å². The highest BCUT2D eigenvalue weighted by Crippen LogP contribution is 2.22. The molecule has 0 aliphatic carbocycles. The number of ether oxygens (including phenoxy) is 1. The zero-order valence-electron chi connectivity index (χ0n) is 16.1. The van der Waals surface area contributed by atoms with Gasteiger partial charge in [0.05, 0.1) is 4.90 Å². The number of hydrogen-bond donors (Lipinski definition) is 3. The number of nitrogens with zero attached hydrogens (tertiary/aromatic N) is 1. The average Bonchev–Trinajstić information content (AvgIpc) is 3.20. The lowest BCUT2D eigenvalue weighted by molar-refractivity contribution is -0.121. The third-order valence-corrected chi connectivity index (χ3v) is 6.70. The summed E-state index contributed by atoms with van der Waals surface area (Å²) in [6, 6.07) is 11.4. The van der Waals surface area contributed by atoms with Crippen LogP contribution in [0.25, 0.3) is 0 Å². The lowest BCUT2D eigenvalue weighted by atomic mass is 10.2. The van der Waals surface area contributed by atoms with Gasteiger partial charge in [-0.2, -0.15) is 0 Å². The van der Waals surface area contributed by atoms with Gasteiger partial charge in [0.25, 0.3) is 15.9 Å². The number of thiocarbonyl (C=S) groups is 1. The number of aromatic nitrogens is 1. The number of nitrogens with one attached hydrogen (secondary N) is 3. The zero-order valence-corrected chi connectivity index (χ0v) is 20.1. The number of sulfonamides is 1. The topological polar surface area (TPSA) is 109 Å². The molecule has 0 unspecified atom stereocenters. The van der Waals surface area contributed by atoms with Gasteiger partial charge in [-0.1, -0.05) is 15.9 Å². The van der Waals surface area contributed by atoms with Crippen LogP contribution in [0.2, 0.25) is 0 Å². The summed E-state index contributed by atoms with van der Waals surface area (Å²) in [4.78, 5) is 16.0. The maximum absolute atomic E-state index is 12.3. The number of carbonyl (C=O) groups excluding carboxylic acids is 1. The maximum Gasteiger partial charge on any atom is 0.264 e. The van der Waals surface area contributed by atoms with Crippen molar-refractivity contribution in [2.75, 3.05) is 16.6 Å². The molecule has 162 valence electrons. The molecule has 0 spiro atoms. The number of amides is 1. The Kier molecular flexibility index (Phi) is 7.59. The van der Waals surface area contributed by atoms with Crippen molar-refractivity contribution in [1.82, 2.24) is 10.3 Å². The first-order valence-electron chi connectivity index (χ1n) is 8.75. The molecule has 3 rings (SSSR count). The van der Waals surface area contributed by atoms with Crippen molar-refractivity contribution in [2.45, 2.75) is 11.8 Å². The van der Waals surface area contributed by atoms with Gasteiger partial charge >= 0.3 is 0 Å². The normalized spacial score (nSPS) is 10.9. The standard InChI is InChI=1S/C19H17BrN4O4S3/c1-12-10-13(20)2-7-16(12)28-11-17(25)23-18(29)22-14-3-5-15(6-4-14)31(26,27)24-19-21-8-9-30-19/h2-10H,11H2,1H3,(H,21,24)(H2,22,23,25,29). The Morgan fingerprint density at radius 3 is 2.61 bits per heavy atom. The molecular formula is C19H17BrN4O4S3. The molecule has 8 nitrogen and oxygen atoms in total. The second kappa shape index (κ2) is 10.2. The number of anilines is 2. The van der Waals surface area contributed by atoms with Crippen LogP contribution in [0.1, 0.15) is 5.56 Å². The van der Waals surface area contributed by atoms with Crippen LogP contribution in [0, 0.1) is 6.92 Å². The van der Waals surface area contributed by atoms with Crippen molar-refractivity contribution in [2.24, 2.45) is 0 Å². The van der Waals surface area contributed by atoms with Gasteiger partial charge in [-0.3, -0.25) is 14.8 Å². The molecule has 2 aromatic carbocycles. The predicted octanol–water partition coefficient (Wildman–Crippen LogP) is 3.91. The SMILES string of the molecule is Cc1cc(Br)ccc1OCC(=O)NC(=S)Nc1ccc(S(=O)(=O)Nc2nccs2)cc1. The Bertz CT molecular complexity index is 1180. The summed E-state index contributed by atoms with van der Waals surface area (Å²) in [5.41, 5.74) is 1.41. The third-order valence-electron chi connectivity index (χ3n) is 3.83. The summed E-state index contributed by atoms with van der Waals surface area (Å²) < 4.78 is 33.5. The molecular weight excluding hydrogens is 524 g/mol. The van der Waals surface area contributed by atoms with Gasteiger partial charge < -0.3 is 10.1 Å². The van der Waals surface area contributed by atoms with Crippen LogP contribution in [0.5, 0.6) is 5.75 Å². The van der Waals surface area contributed by atoms with E-state index in [0.29, 0.717) is 11.4 Å². The van der Waals surface area contributed by atoms with Gasteiger partial charge in [0, 0.05) is 21.7 Å². The highest BCUT2D eigenvalue weighted by atomic mass is 79.9. The van der Waals surface area contributed by atoms with E-state index < -0.39 is 15.9 Å². The number of thiazole rings is 1. The van der Waals surface area contributed by atoms with E-state index in [-0.39, 0.29) is 21.7 Å². The van der Waals surface area contributed by atoms with Crippen LogP contribution in [0.15, 0.2) is 63.4 Å². The lowest BCUT2D eigenvalue weighted by Crippen LogP contribution is -2.37. The molecule has 0 atom stereocenters. The fourth-order valence-corrected chi connectivity index (χ4v) is 4.90. The first-order chi connectivity index (χ1) is 14.7. The largest absolute Gasteiger partial charge is 0.483 e. The Balaban J connectivity index is 1.51. The van der Waals surface area contributed by atoms with Crippen molar-refractivity contribution >= 4 is 71.3 Å². The summed E-state index contributed by atoms with van der Waals surface area (Å²) in [7, 11) is -3.74. The fraction of sp³-hybridized carbons (Fsp3) is 0.105. The van der Waals surface area contributed by atoms with Crippen molar-refractivity contribution < 1.29 is 17.9 Å². The van der Waals surface area contributed by atoms with Crippen LogP contribution in [-0.2, 0) is 14.8 Å². The summed E-state index contributed by atoms with van der Waals surface area (Å²) >= 11 is 9.68. The molecule has 0 radical (unpaired) electrons. The van der Waals surface area contributed by atoms with Gasteiger partial charge in [0.2, 0.25) is 0 Å². The quantitative estimate of drug-likeness (QED) is 0.389. The summed E-state index contributed by atoms with van der Waals surface area (Å²) in [5, 5.41) is 7.36. The van der Waals surface area contributed by atoms with Crippen molar-refractivity contribution in [3.8, 4) is 5.75 Å². The minimum absolute atomic E-state index is 0.0673. The molecule has 0 bridgehead atoms. The number of aryl methyl sites for hydroxylation is 1. The Hall–Kier alpha value is -2.54. The smallest absolute Gasteiger partial charge is 0.264 e. The van der Waals surface area contributed by atoms with Crippen molar-refractivity contribution in [3.63, 3.8) is 0 Å². The van der Waals surface area contributed by atoms with Crippen LogP contribution < -0.4 is 20.1 Å².